The maximum atomic E-state index is 12.8. The van der Waals surface area contributed by atoms with Crippen LogP contribution in [-0.2, 0) is 0 Å². The smallest absolute Gasteiger partial charge is 0.272 e. The zero-order chi connectivity index (χ0) is 22.9. The predicted molar refractivity (Wildman–Crippen MR) is 124 cm³/mol. The lowest BCUT2D eigenvalue weighted by molar-refractivity contribution is 0.0933. The van der Waals surface area contributed by atoms with Crippen LogP contribution in [0.3, 0.4) is 0 Å². The van der Waals surface area contributed by atoms with Crippen molar-refractivity contribution in [2.24, 2.45) is 0 Å². The van der Waals surface area contributed by atoms with Crippen LogP contribution in [0.2, 0.25) is 0 Å². The molecule has 0 saturated carbocycles. The standard InChI is InChI=1S/C25H29N3O4/c1-4-5-9-16-32-22-14-12-19(17-23(22)31-3)18(2)26-25(30)21-13-15-24(29)28(27-21)20-10-7-6-8-11-20/h6-8,10-15,17-18H,4-5,9,16H2,1-3H3,(H,26,30). The average molecular weight is 436 g/mol. The van der Waals surface area contributed by atoms with E-state index in [9.17, 15) is 9.59 Å². The summed E-state index contributed by atoms with van der Waals surface area (Å²) in [6, 6.07) is 17.1. The highest BCUT2D eigenvalue weighted by Crippen LogP contribution is 2.30. The molecule has 0 saturated heterocycles. The third-order valence-electron chi connectivity index (χ3n) is 5.07. The number of hydrogen-bond acceptors (Lipinski definition) is 5. The molecule has 2 aromatic carbocycles. The van der Waals surface area contributed by atoms with E-state index in [-0.39, 0.29) is 23.2 Å². The van der Waals surface area contributed by atoms with Crippen molar-refractivity contribution < 1.29 is 14.3 Å². The van der Waals surface area contributed by atoms with E-state index in [0.29, 0.717) is 23.8 Å². The second-order valence-electron chi connectivity index (χ2n) is 7.47. The Morgan fingerprint density at radius 3 is 2.56 bits per heavy atom. The van der Waals surface area contributed by atoms with Crippen molar-refractivity contribution in [3.8, 4) is 17.2 Å². The molecule has 1 atom stereocenters. The number of aromatic nitrogens is 2. The highest BCUT2D eigenvalue weighted by Gasteiger charge is 2.16. The van der Waals surface area contributed by atoms with Gasteiger partial charge in [0.15, 0.2) is 11.5 Å². The summed E-state index contributed by atoms with van der Waals surface area (Å²) in [6.45, 7) is 4.66. The molecule has 0 aliphatic rings. The average Bonchev–Trinajstić information content (AvgIpc) is 2.82. The molecule has 3 aromatic rings. The molecule has 7 nitrogen and oxygen atoms in total. The molecule has 0 radical (unpaired) electrons. The second-order valence-corrected chi connectivity index (χ2v) is 7.47. The normalized spacial score (nSPS) is 11.6. The van der Waals surface area contributed by atoms with Crippen LogP contribution >= 0.6 is 0 Å². The first-order valence-corrected chi connectivity index (χ1v) is 10.8. The number of nitrogens with one attached hydrogen (secondary N) is 1. The molecule has 168 valence electrons. The molecule has 0 bridgehead atoms. The number of rotatable bonds is 10. The lowest BCUT2D eigenvalue weighted by atomic mass is 10.1. The predicted octanol–water partition coefficient (Wildman–Crippen LogP) is 4.30. The van der Waals surface area contributed by atoms with Crippen molar-refractivity contribution >= 4 is 5.91 Å². The monoisotopic (exact) mass is 435 g/mol. The molecule has 1 amide bonds. The van der Waals surface area contributed by atoms with Gasteiger partial charge in [0.25, 0.3) is 11.5 Å². The number of hydrogen-bond donors (Lipinski definition) is 1. The quantitative estimate of drug-likeness (QED) is 0.480. The summed E-state index contributed by atoms with van der Waals surface area (Å²) in [7, 11) is 1.60. The van der Waals surface area contributed by atoms with Gasteiger partial charge in [0.2, 0.25) is 0 Å². The summed E-state index contributed by atoms with van der Waals surface area (Å²) in [4.78, 5) is 25.0. The molecular weight excluding hydrogens is 406 g/mol. The van der Waals surface area contributed by atoms with Gasteiger partial charge < -0.3 is 14.8 Å². The van der Waals surface area contributed by atoms with E-state index in [4.69, 9.17) is 9.47 Å². The number of carbonyl (C=O) groups excluding carboxylic acids is 1. The van der Waals surface area contributed by atoms with Gasteiger partial charge in [0, 0.05) is 6.07 Å². The van der Waals surface area contributed by atoms with Gasteiger partial charge in [0.05, 0.1) is 25.4 Å². The molecule has 1 heterocycles. The van der Waals surface area contributed by atoms with Gasteiger partial charge in [-0.25, -0.2) is 0 Å². The molecule has 1 unspecified atom stereocenters. The fourth-order valence-corrected chi connectivity index (χ4v) is 3.25. The zero-order valence-corrected chi connectivity index (χ0v) is 18.7. The Labute approximate surface area is 188 Å². The number of benzene rings is 2. The zero-order valence-electron chi connectivity index (χ0n) is 18.7. The van der Waals surface area contributed by atoms with E-state index in [2.05, 4.69) is 17.3 Å². The van der Waals surface area contributed by atoms with E-state index in [1.54, 1.807) is 19.2 Å². The maximum Gasteiger partial charge on any atom is 0.272 e. The Morgan fingerprint density at radius 2 is 1.84 bits per heavy atom. The summed E-state index contributed by atoms with van der Waals surface area (Å²) >= 11 is 0. The van der Waals surface area contributed by atoms with Gasteiger partial charge in [-0.2, -0.15) is 9.78 Å². The number of amides is 1. The lowest BCUT2D eigenvalue weighted by Crippen LogP contribution is -2.30. The Morgan fingerprint density at radius 1 is 1.06 bits per heavy atom. The Balaban J connectivity index is 1.72. The minimum absolute atomic E-state index is 0.156. The van der Waals surface area contributed by atoms with Crippen LogP contribution in [0.25, 0.3) is 5.69 Å². The van der Waals surface area contributed by atoms with Crippen molar-refractivity contribution in [1.82, 2.24) is 15.1 Å². The number of carbonyl (C=O) groups is 1. The van der Waals surface area contributed by atoms with Crippen LogP contribution in [0.4, 0.5) is 0 Å². The van der Waals surface area contributed by atoms with Crippen LogP contribution in [0.1, 0.15) is 55.2 Å². The molecular formula is C25H29N3O4. The van der Waals surface area contributed by atoms with Gasteiger partial charge in [-0.3, -0.25) is 9.59 Å². The van der Waals surface area contributed by atoms with E-state index < -0.39 is 0 Å². The third kappa shape index (κ3) is 5.75. The number of nitrogens with zero attached hydrogens (tertiary/aromatic N) is 2. The summed E-state index contributed by atoms with van der Waals surface area (Å²) in [5, 5.41) is 7.16. The van der Waals surface area contributed by atoms with Crippen molar-refractivity contribution in [2.45, 2.75) is 39.2 Å². The minimum atomic E-state index is -0.374. The summed E-state index contributed by atoms with van der Waals surface area (Å²) in [6.07, 6.45) is 3.25. The van der Waals surface area contributed by atoms with Gasteiger partial charge in [0.1, 0.15) is 5.69 Å². The van der Waals surface area contributed by atoms with E-state index >= 15 is 0 Å². The number of ether oxygens (including phenoxy) is 2. The molecule has 32 heavy (non-hydrogen) atoms. The van der Waals surface area contributed by atoms with Crippen molar-refractivity contribution in [3.05, 3.63) is 82.3 Å². The van der Waals surface area contributed by atoms with Crippen molar-refractivity contribution in [2.75, 3.05) is 13.7 Å². The summed E-state index contributed by atoms with van der Waals surface area (Å²) in [5.41, 5.74) is 1.31. The Kier molecular flexibility index (Phi) is 8.02. The van der Waals surface area contributed by atoms with Gasteiger partial charge in [-0.15, -0.1) is 0 Å². The second kappa shape index (κ2) is 11.1. The first kappa shape index (κ1) is 23.1. The van der Waals surface area contributed by atoms with Gasteiger partial charge in [-0.1, -0.05) is 44.0 Å². The largest absolute Gasteiger partial charge is 0.493 e. The molecule has 0 fully saturated rings. The highest BCUT2D eigenvalue weighted by molar-refractivity contribution is 5.92. The SMILES string of the molecule is CCCCCOc1ccc(C(C)NC(=O)c2ccc(=O)n(-c3ccccc3)n2)cc1OC. The first-order chi connectivity index (χ1) is 15.5. The molecule has 7 heteroatoms. The van der Waals surface area contributed by atoms with Gasteiger partial charge >= 0.3 is 0 Å². The first-order valence-electron chi connectivity index (χ1n) is 10.8. The minimum Gasteiger partial charge on any atom is -0.493 e. The Hall–Kier alpha value is -3.61. The number of para-hydroxylation sites is 1. The fraction of sp³-hybridized carbons (Fsp3) is 0.320. The highest BCUT2D eigenvalue weighted by atomic mass is 16.5. The third-order valence-corrected chi connectivity index (χ3v) is 5.07. The Bertz CT molecular complexity index is 1100. The van der Waals surface area contributed by atoms with E-state index in [1.807, 2.05) is 43.3 Å². The molecule has 0 aliphatic carbocycles. The van der Waals surface area contributed by atoms with Crippen LogP contribution < -0.4 is 20.3 Å². The summed E-state index contributed by atoms with van der Waals surface area (Å²) in [5.74, 6) is 0.930. The lowest BCUT2D eigenvalue weighted by Gasteiger charge is -2.17. The molecule has 1 aromatic heterocycles. The fourth-order valence-electron chi connectivity index (χ4n) is 3.25. The number of methoxy groups -OCH3 is 1. The maximum absolute atomic E-state index is 12.8. The molecule has 3 rings (SSSR count). The van der Waals surface area contributed by atoms with Crippen molar-refractivity contribution in [1.29, 1.82) is 0 Å². The van der Waals surface area contributed by atoms with Crippen LogP contribution in [0, 0.1) is 0 Å². The van der Waals surface area contributed by atoms with Gasteiger partial charge in [-0.05, 0) is 49.2 Å². The van der Waals surface area contributed by atoms with Crippen LogP contribution in [0.15, 0.2) is 65.5 Å². The van der Waals surface area contributed by atoms with Crippen LogP contribution in [-0.4, -0.2) is 29.4 Å². The molecule has 1 N–H and O–H groups in total. The summed E-state index contributed by atoms with van der Waals surface area (Å²) < 4.78 is 12.5. The van der Waals surface area contributed by atoms with E-state index in [1.165, 1.54) is 16.8 Å². The topological polar surface area (TPSA) is 82.5 Å². The molecule has 0 aliphatic heterocycles. The van der Waals surface area contributed by atoms with Crippen molar-refractivity contribution in [3.63, 3.8) is 0 Å². The number of unbranched alkanes of at least 4 members (excludes halogenated alkanes) is 2. The van der Waals surface area contributed by atoms with Crippen LogP contribution in [0.5, 0.6) is 11.5 Å². The molecule has 0 spiro atoms. The van der Waals surface area contributed by atoms with E-state index in [0.717, 1.165) is 24.8 Å².